The standard InChI is InChI=1S/C50H35N5O4P2/c56-60(38-16-3-1-4-17-38,40-20-11-14-36(32-40)58-48-22-7-9-28-51-48)42-24-26-44-45-27-25-43(35-47(45)55(46(44)34-42)50-53-30-13-31-54-50)61(57,39-18-5-2-6-19-39)41-21-12-15-37(33-41)59-49-23-8-10-29-52-49/h1-35H. The molecule has 6 aromatic carbocycles. The molecule has 11 heteroatoms. The fraction of sp³-hybridized carbons (Fsp3) is 0. The first-order valence-corrected chi connectivity index (χ1v) is 23.0. The van der Waals surface area contributed by atoms with Gasteiger partial charge in [-0.3, -0.25) is 4.57 Å². The van der Waals surface area contributed by atoms with Crippen LogP contribution >= 0.6 is 14.3 Å². The Labute approximate surface area is 351 Å². The van der Waals surface area contributed by atoms with Gasteiger partial charge in [-0.1, -0.05) is 121 Å². The first-order valence-electron chi connectivity index (χ1n) is 19.6. The second-order valence-corrected chi connectivity index (χ2v) is 19.7. The molecular weight excluding hydrogens is 797 g/mol. The van der Waals surface area contributed by atoms with Crippen LogP contribution in [0.3, 0.4) is 0 Å². The summed E-state index contributed by atoms with van der Waals surface area (Å²) in [6, 6.07) is 58.3. The van der Waals surface area contributed by atoms with Crippen LogP contribution in [-0.4, -0.2) is 24.5 Å². The van der Waals surface area contributed by atoms with Crippen molar-refractivity contribution in [1.82, 2.24) is 24.5 Å². The van der Waals surface area contributed by atoms with E-state index in [0.717, 1.165) is 21.8 Å². The molecule has 2 atom stereocenters. The van der Waals surface area contributed by atoms with E-state index in [1.807, 2.05) is 174 Å². The van der Waals surface area contributed by atoms with Crippen LogP contribution in [0.5, 0.6) is 23.3 Å². The fourth-order valence-corrected chi connectivity index (χ4v) is 13.1. The molecule has 9 nitrogen and oxygen atoms in total. The van der Waals surface area contributed by atoms with Crippen molar-refractivity contribution in [2.24, 2.45) is 0 Å². The molecule has 0 saturated heterocycles. The van der Waals surface area contributed by atoms with E-state index in [0.29, 0.717) is 61.0 Å². The normalized spacial score (nSPS) is 13.3. The third kappa shape index (κ3) is 7.00. The third-order valence-electron chi connectivity index (χ3n) is 10.5. The summed E-state index contributed by atoms with van der Waals surface area (Å²) in [5.74, 6) is 2.32. The lowest BCUT2D eigenvalue weighted by Crippen LogP contribution is -2.25. The maximum absolute atomic E-state index is 16.0. The zero-order valence-corrected chi connectivity index (χ0v) is 34.3. The molecule has 0 amide bonds. The van der Waals surface area contributed by atoms with E-state index in [9.17, 15) is 0 Å². The number of aromatic nitrogens is 5. The molecule has 4 aromatic heterocycles. The average molecular weight is 832 g/mol. The molecule has 0 aliphatic heterocycles. The summed E-state index contributed by atoms with van der Waals surface area (Å²) in [6.07, 6.45) is 6.72. The van der Waals surface area contributed by atoms with Crippen molar-refractivity contribution < 1.29 is 18.6 Å². The van der Waals surface area contributed by atoms with E-state index in [1.54, 1.807) is 43.0 Å². The summed E-state index contributed by atoms with van der Waals surface area (Å²) >= 11 is 0. The van der Waals surface area contributed by atoms with Crippen LogP contribution in [0, 0.1) is 0 Å². The van der Waals surface area contributed by atoms with Gasteiger partial charge in [-0.15, -0.1) is 0 Å². The van der Waals surface area contributed by atoms with Gasteiger partial charge in [0, 0.05) is 79.5 Å². The molecule has 0 aliphatic carbocycles. The SMILES string of the molecule is O=P(c1ccccc1)(c1cccc(Oc2ccccn2)c1)c1ccc2c3ccc(P(=O)(c4ccccc4)c4cccc(Oc5ccccn5)c4)cc3n(-c3ncccn3)c2c1. The Morgan fingerprint density at radius 1 is 0.361 bits per heavy atom. The summed E-state index contributed by atoms with van der Waals surface area (Å²) in [5.41, 5.74) is 1.49. The summed E-state index contributed by atoms with van der Waals surface area (Å²) in [4.78, 5) is 18.1. The molecule has 0 spiro atoms. The molecule has 4 heterocycles. The summed E-state index contributed by atoms with van der Waals surface area (Å²) < 4.78 is 46.2. The first-order chi connectivity index (χ1) is 30.0. The second-order valence-electron chi connectivity index (χ2n) is 14.2. The number of rotatable bonds is 11. The van der Waals surface area contributed by atoms with Crippen LogP contribution in [0.25, 0.3) is 27.8 Å². The zero-order valence-electron chi connectivity index (χ0n) is 32.5. The second kappa shape index (κ2) is 16.0. The number of nitrogens with zero attached hydrogens (tertiary/aromatic N) is 5. The van der Waals surface area contributed by atoms with Crippen LogP contribution in [0.15, 0.2) is 213 Å². The average Bonchev–Trinajstić information content (AvgIpc) is 3.66. The number of pyridine rings is 2. The number of hydrogen-bond donors (Lipinski definition) is 0. The van der Waals surface area contributed by atoms with E-state index in [2.05, 4.69) is 9.97 Å². The van der Waals surface area contributed by atoms with Gasteiger partial charge in [0.2, 0.25) is 17.7 Å². The fourth-order valence-electron chi connectivity index (χ4n) is 7.72. The van der Waals surface area contributed by atoms with Gasteiger partial charge in [-0.05, 0) is 54.6 Å². The summed E-state index contributed by atoms with van der Waals surface area (Å²) in [7, 11) is -7.06. The zero-order chi connectivity index (χ0) is 41.2. The van der Waals surface area contributed by atoms with E-state index in [1.165, 1.54) is 0 Å². The van der Waals surface area contributed by atoms with Crippen molar-refractivity contribution >= 4 is 67.9 Å². The van der Waals surface area contributed by atoms with Gasteiger partial charge in [0.25, 0.3) is 0 Å². The topological polar surface area (TPSA) is 109 Å². The third-order valence-corrected chi connectivity index (χ3v) is 16.6. The Morgan fingerprint density at radius 2 is 0.770 bits per heavy atom. The monoisotopic (exact) mass is 831 g/mol. The predicted molar refractivity (Wildman–Crippen MR) is 244 cm³/mol. The van der Waals surface area contributed by atoms with Gasteiger partial charge in [0.05, 0.1) is 11.0 Å². The van der Waals surface area contributed by atoms with Crippen molar-refractivity contribution in [2.75, 3.05) is 0 Å². The Kier molecular flexibility index (Phi) is 9.89. The molecule has 10 rings (SSSR count). The Bertz CT molecular complexity index is 3060. The van der Waals surface area contributed by atoms with Gasteiger partial charge in [-0.2, -0.15) is 0 Å². The van der Waals surface area contributed by atoms with Gasteiger partial charge in [0.1, 0.15) is 11.5 Å². The van der Waals surface area contributed by atoms with Gasteiger partial charge in [0.15, 0.2) is 14.3 Å². The van der Waals surface area contributed by atoms with Crippen molar-refractivity contribution in [1.29, 1.82) is 0 Å². The van der Waals surface area contributed by atoms with Crippen molar-refractivity contribution in [3.8, 4) is 29.2 Å². The quantitative estimate of drug-likeness (QED) is 0.119. The van der Waals surface area contributed by atoms with Gasteiger partial charge in [-0.25, -0.2) is 19.9 Å². The molecule has 0 radical (unpaired) electrons. The molecule has 294 valence electrons. The molecule has 0 aliphatic rings. The molecular formula is C50H35N5O4P2. The number of benzene rings is 6. The Balaban J connectivity index is 1.17. The lowest BCUT2D eigenvalue weighted by Gasteiger charge is -2.21. The molecule has 61 heavy (non-hydrogen) atoms. The molecule has 10 aromatic rings. The Hall–Kier alpha value is -7.44. The highest BCUT2D eigenvalue weighted by Gasteiger charge is 2.33. The minimum atomic E-state index is -3.53. The highest BCUT2D eigenvalue weighted by molar-refractivity contribution is 7.85. The van der Waals surface area contributed by atoms with Gasteiger partial charge >= 0.3 is 0 Å². The highest BCUT2D eigenvalue weighted by atomic mass is 31.2. The maximum atomic E-state index is 16.0. The summed E-state index contributed by atoms with van der Waals surface area (Å²) in [6.45, 7) is 0. The van der Waals surface area contributed by atoms with Crippen molar-refractivity contribution in [2.45, 2.75) is 0 Å². The lowest BCUT2D eigenvalue weighted by molar-refractivity contribution is 0.463. The highest BCUT2D eigenvalue weighted by Crippen LogP contribution is 2.47. The number of fused-ring (bicyclic) bond motifs is 3. The maximum Gasteiger partial charge on any atom is 0.234 e. The largest absolute Gasteiger partial charge is 0.439 e. The molecule has 0 bridgehead atoms. The van der Waals surface area contributed by atoms with Crippen LogP contribution < -0.4 is 41.3 Å². The summed E-state index contributed by atoms with van der Waals surface area (Å²) in [5, 5.41) is 5.56. The van der Waals surface area contributed by atoms with Crippen LogP contribution in [0.2, 0.25) is 0 Å². The smallest absolute Gasteiger partial charge is 0.234 e. The minimum Gasteiger partial charge on any atom is -0.439 e. The van der Waals surface area contributed by atoms with Crippen LogP contribution in [0.4, 0.5) is 0 Å². The van der Waals surface area contributed by atoms with Crippen molar-refractivity contribution in [3.63, 3.8) is 0 Å². The van der Waals surface area contributed by atoms with Crippen LogP contribution in [-0.2, 0) is 9.13 Å². The van der Waals surface area contributed by atoms with E-state index in [-0.39, 0.29) is 0 Å². The first kappa shape index (κ1) is 37.8. The van der Waals surface area contributed by atoms with E-state index >= 15 is 9.13 Å². The van der Waals surface area contributed by atoms with E-state index < -0.39 is 14.3 Å². The van der Waals surface area contributed by atoms with Crippen molar-refractivity contribution in [3.05, 3.63) is 213 Å². The van der Waals surface area contributed by atoms with E-state index in [4.69, 9.17) is 19.4 Å². The van der Waals surface area contributed by atoms with Crippen LogP contribution in [0.1, 0.15) is 0 Å². The molecule has 2 unspecified atom stereocenters. The minimum absolute atomic E-state index is 0.414. The molecule has 0 fully saturated rings. The lowest BCUT2D eigenvalue weighted by atomic mass is 10.1. The number of ether oxygens (including phenoxy) is 2. The predicted octanol–water partition coefficient (Wildman–Crippen LogP) is 9.23. The molecule has 0 N–H and O–H groups in total. The number of hydrogen-bond acceptors (Lipinski definition) is 8. The Morgan fingerprint density at radius 3 is 1.21 bits per heavy atom. The molecule has 0 saturated carbocycles. The van der Waals surface area contributed by atoms with Gasteiger partial charge < -0.3 is 18.6 Å².